The highest BCUT2D eigenvalue weighted by atomic mass is 16.5. The summed E-state index contributed by atoms with van der Waals surface area (Å²) in [6.45, 7) is 7.34. The van der Waals surface area contributed by atoms with Crippen LogP contribution < -0.4 is 15.0 Å². The van der Waals surface area contributed by atoms with Gasteiger partial charge < -0.3 is 15.0 Å². The SMILES string of the molecule is CCc1c(-c2cccc(C3CC3)c2C2CC2)ncc2c(N3CC4CCC(C3)N4)nc(OCC34CCCN3CCC4)nc12. The van der Waals surface area contributed by atoms with Gasteiger partial charge in [-0.25, -0.2) is 0 Å². The molecule has 7 nitrogen and oxygen atoms in total. The number of hydrogen-bond donors (Lipinski definition) is 1. The Morgan fingerprint density at radius 1 is 0.952 bits per heavy atom. The van der Waals surface area contributed by atoms with Crippen LogP contribution in [0.15, 0.2) is 24.4 Å². The molecule has 6 fully saturated rings. The largest absolute Gasteiger partial charge is 0.461 e. The lowest BCUT2D eigenvalue weighted by atomic mass is 9.90. The van der Waals surface area contributed by atoms with Crippen LogP contribution in [0.3, 0.4) is 0 Å². The van der Waals surface area contributed by atoms with Gasteiger partial charge in [-0.1, -0.05) is 25.1 Å². The van der Waals surface area contributed by atoms with Crippen molar-refractivity contribution >= 4 is 16.7 Å². The molecular weight excluding hydrogens is 520 g/mol. The Kier molecular flexibility index (Phi) is 6.05. The maximum atomic E-state index is 6.65. The highest BCUT2D eigenvalue weighted by Crippen LogP contribution is 2.52. The van der Waals surface area contributed by atoms with Crippen molar-refractivity contribution in [3.05, 3.63) is 41.1 Å². The lowest BCUT2D eigenvalue weighted by Gasteiger charge is -2.35. The molecule has 6 heterocycles. The summed E-state index contributed by atoms with van der Waals surface area (Å²) in [6.07, 6.45) is 15.7. The zero-order valence-electron chi connectivity index (χ0n) is 25.1. The molecule has 7 heteroatoms. The Morgan fingerprint density at radius 3 is 2.43 bits per heavy atom. The summed E-state index contributed by atoms with van der Waals surface area (Å²) in [4.78, 5) is 20.8. The van der Waals surface area contributed by atoms with Crippen LogP contribution in [0, 0.1) is 0 Å². The van der Waals surface area contributed by atoms with Gasteiger partial charge in [0.15, 0.2) is 0 Å². The number of ether oxygens (including phenoxy) is 1. The minimum absolute atomic E-state index is 0.173. The average molecular weight is 565 g/mol. The van der Waals surface area contributed by atoms with Gasteiger partial charge in [0.05, 0.1) is 22.1 Å². The monoisotopic (exact) mass is 564 g/mol. The Labute approximate surface area is 249 Å². The Morgan fingerprint density at radius 2 is 1.71 bits per heavy atom. The van der Waals surface area contributed by atoms with E-state index >= 15 is 0 Å². The number of aryl methyl sites for hydroxylation is 1. The van der Waals surface area contributed by atoms with Crippen LogP contribution in [0.4, 0.5) is 5.82 Å². The van der Waals surface area contributed by atoms with Crippen molar-refractivity contribution in [3.63, 3.8) is 0 Å². The highest BCUT2D eigenvalue weighted by Gasteiger charge is 2.45. The summed E-state index contributed by atoms with van der Waals surface area (Å²) in [7, 11) is 0. The molecule has 2 saturated carbocycles. The molecule has 2 aromatic heterocycles. The van der Waals surface area contributed by atoms with Crippen molar-refractivity contribution in [1.82, 2.24) is 25.2 Å². The number of piperazine rings is 1. The Bertz CT molecular complexity index is 1510. The van der Waals surface area contributed by atoms with Gasteiger partial charge in [0.1, 0.15) is 12.4 Å². The summed E-state index contributed by atoms with van der Waals surface area (Å²) >= 11 is 0. The van der Waals surface area contributed by atoms with Gasteiger partial charge in [-0.2, -0.15) is 9.97 Å². The van der Waals surface area contributed by atoms with E-state index in [4.69, 9.17) is 19.7 Å². The predicted octanol–water partition coefficient (Wildman–Crippen LogP) is 5.96. The third-order valence-electron chi connectivity index (χ3n) is 11.3. The number of hydrogen-bond acceptors (Lipinski definition) is 7. The van der Waals surface area contributed by atoms with E-state index < -0.39 is 0 Å². The molecule has 2 atom stereocenters. The third kappa shape index (κ3) is 4.25. The molecule has 2 aliphatic carbocycles. The molecular formula is C35H44N6O. The summed E-state index contributed by atoms with van der Waals surface area (Å²) in [5, 5.41) is 4.88. The fourth-order valence-electron chi connectivity index (χ4n) is 8.98. The summed E-state index contributed by atoms with van der Waals surface area (Å²) in [5.41, 5.74) is 8.09. The van der Waals surface area contributed by atoms with Crippen molar-refractivity contribution in [2.24, 2.45) is 0 Å². The van der Waals surface area contributed by atoms with E-state index in [-0.39, 0.29) is 5.54 Å². The van der Waals surface area contributed by atoms with E-state index in [1.54, 1.807) is 11.1 Å². The van der Waals surface area contributed by atoms with E-state index in [0.717, 1.165) is 47.8 Å². The molecule has 6 aliphatic rings. The first kappa shape index (κ1) is 25.7. The zero-order chi connectivity index (χ0) is 27.8. The molecule has 4 saturated heterocycles. The quantitative estimate of drug-likeness (QED) is 0.362. The number of nitrogens with one attached hydrogen (secondary N) is 1. The molecule has 9 rings (SSSR count). The molecule has 2 bridgehead atoms. The number of rotatable bonds is 8. The maximum absolute atomic E-state index is 6.65. The first-order valence-corrected chi connectivity index (χ1v) is 16.9. The Hall–Kier alpha value is -2.77. The van der Waals surface area contributed by atoms with E-state index in [1.165, 1.54) is 88.4 Å². The van der Waals surface area contributed by atoms with Crippen LogP contribution in [-0.2, 0) is 6.42 Å². The second-order valence-corrected chi connectivity index (χ2v) is 14.1. The van der Waals surface area contributed by atoms with Crippen molar-refractivity contribution in [1.29, 1.82) is 0 Å². The molecule has 42 heavy (non-hydrogen) atoms. The van der Waals surface area contributed by atoms with Crippen LogP contribution in [0.5, 0.6) is 6.01 Å². The van der Waals surface area contributed by atoms with Crippen LogP contribution >= 0.6 is 0 Å². The average Bonchev–Trinajstić information content (AvgIpc) is 3.93. The highest BCUT2D eigenvalue weighted by molar-refractivity contribution is 5.95. The lowest BCUT2D eigenvalue weighted by Crippen LogP contribution is -2.51. The molecule has 1 N–H and O–H groups in total. The van der Waals surface area contributed by atoms with E-state index in [2.05, 4.69) is 46.4 Å². The second kappa shape index (κ2) is 9.88. The summed E-state index contributed by atoms with van der Waals surface area (Å²) in [6, 6.07) is 8.61. The summed E-state index contributed by atoms with van der Waals surface area (Å²) in [5.74, 6) is 2.45. The van der Waals surface area contributed by atoms with E-state index in [1.807, 2.05) is 0 Å². The van der Waals surface area contributed by atoms with E-state index in [0.29, 0.717) is 30.6 Å². The fourth-order valence-corrected chi connectivity index (χ4v) is 8.98. The lowest BCUT2D eigenvalue weighted by molar-refractivity contribution is 0.108. The van der Waals surface area contributed by atoms with Crippen LogP contribution in [-0.4, -0.2) is 70.3 Å². The summed E-state index contributed by atoms with van der Waals surface area (Å²) < 4.78 is 6.65. The van der Waals surface area contributed by atoms with Gasteiger partial charge in [0.2, 0.25) is 0 Å². The van der Waals surface area contributed by atoms with Crippen LogP contribution in [0.2, 0.25) is 0 Å². The van der Waals surface area contributed by atoms with Gasteiger partial charge in [0.25, 0.3) is 0 Å². The van der Waals surface area contributed by atoms with Crippen molar-refractivity contribution < 1.29 is 4.74 Å². The minimum Gasteiger partial charge on any atom is -0.461 e. The van der Waals surface area contributed by atoms with Crippen molar-refractivity contribution in [2.45, 2.75) is 107 Å². The van der Waals surface area contributed by atoms with Gasteiger partial charge >= 0.3 is 6.01 Å². The third-order valence-corrected chi connectivity index (χ3v) is 11.3. The molecule has 0 spiro atoms. The van der Waals surface area contributed by atoms with Crippen LogP contribution in [0.1, 0.15) is 99.7 Å². The van der Waals surface area contributed by atoms with Gasteiger partial charge in [-0.3, -0.25) is 9.88 Å². The minimum atomic E-state index is 0.173. The molecule has 4 aliphatic heterocycles. The molecule has 0 amide bonds. The molecule has 3 aromatic rings. The van der Waals surface area contributed by atoms with Crippen LogP contribution in [0.25, 0.3) is 22.2 Å². The van der Waals surface area contributed by atoms with Crippen molar-refractivity contribution in [3.8, 4) is 17.3 Å². The maximum Gasteiger partial charge on any atom is 0.319 e. The number of nitrogens with zero attached hydrogens (tertiary/aromatic N) is 5. The first-order chi connectivity index (χ1) is 20.7. The smallest absolute Gasteiger partial charge is 0.319 e. The zero-order valence-corrected chi connectivity index (χ0v) is 25.1. The standard InChI is InChI=1S/C35H44N6O/c1-2-26-31(28-7-3-6-27(22-8-9-22)30(28)23-10-11-23)36-18-29-32(26)38-34(42-21-35-14-4-16-41(35)17-5-15-35)39-33(29)40-19-24-12-13-25(20-40)37-24/h3,6-7,18,22-25,37H,2,4-5,8-17,19-21H2,1H3. The van der Waals surface area contributed by atoms with Gasteiger partial charge in [-0.15, -0.1) is 0 Å². The first-order valence-electron chi connectivity index (χ1n) is 16.9. The number of fused-ring (bicyclic) bond motifs is 4. The molecule has 220 valence electrons. The number of benzene rings is 1. The molecule has 2 unspecified atom stereocenters. The number of pyridine rings is 1. The van der Waals surface area contributed by atoms with Crippen molar-refractivity contribution in [2.75, 3.05) is 37.7 Å². The van der Waals surface area contributed by atoms with Gasteiger partial charge in [-0.05, 0) is 107 Å². The number of aromatic nitrogens is 3. The fraction of sp³-hybridized carbons (Fsp3) is 0.629. The Balaban J connectivity index is 1.17. The molecule has 0 radical (unpaired) electrons. The predicted molar refractivity (Wildman–Crippen MR) is 167 cm³/mol. The van der Waals surface area contributed by atoms with E-state index in [9.17, 15) is 0 Å². The number of anilines is 1. The second-order valence-electron chi connectivity index (χ2n) is 14.1. The topological polar surface area (TPSA) is 66.4 Å². The normalized spacial score (nSPS) is 26.7. The van der Waals surface area contributed by atoms with Gasteiger partial charge in [0, 0.05) is 42.5 Å². The molecule has 1 aromatic carbocycles.